The van der Waals surface area contributed by atoms with E-state index in [0.717, 1.165) is 6.61 Å². The average molecular weight is 197 g/mol. The lowest BCUT2D eigenvalue weighted by atomic mass is 9.95. The third kappa shape index (κ3) is 3.81. The van der Waals surface area contributed by atoms with Crippen LogP contribution in [0.4, 0.5) is 0 Å². The molecule has 2 heteroatoms. The summed E-state index contributed by atoms with van der Waals surface area (Å²) in [4.78, 5) is 0. The first kappa shape index (κ1) is 11.7. The van der Waals surface area contributed by atoms with E-state index in [1.807, 2.05) is 7.05 Å². The number of ether oxygens (including phenoxy) is 1. The van der Waals surface area contributed by atoms with Gasteiger partial charge in [0.15, 0.2) is 0 Å². The van der Waals surface area contributed by atoms with Gasteiger partial charge in [0.2, 0.25) is 0 Å². The van der Waals surface area contributed by atoms with Gasteiger partial charge in [0, 0.05) is 7.11 Å². The van der Waals surface area contributed by atoms with Crippen molar-refractivity contribution in [3.63, 3.8) is 0 Å². The third-order valence-corrected chi connectivity index (χ3v) is 2.96. The van der Waals surface area contributed by atoms with Crippen molar-refractivity contribution in [2.75, 3.05) is 20.8 Å². The Hall–Kier alpha value is -0.340. The summed E-state index contributed by atoms with van der Waals surface area (Å²) in [5, 5.41) is 3.33. The number of hydrogen-bond donors (Lipinski definition) is 1. The molecular weight excluding hydrogens is 174 g/mol. The van der Waals surface area contributed by atoms with E-state index in [1.54, 1.807) is 12.7 Å². The van der Waals surface area contributed by atoms with E-state index in [0.29, 0.717) is 6.04 Å². The normalized spacial score (nSPS) is 20.9. The van der Waals surface area contributed by atoms with Crippen LogP contribution in [0.5, 0.6) is 0 Å². The fourth-order valence-corrected chi connectivity index (χ4v) is 2.08. The molecule has 0 aromatic rings. The predicted octanol–water partition coefficient (Wildman–Crippen LogP) is 2.50. The summed E-state index contributed by atoms with van der Waals surface area (Å²) >= 11 is 0. The molecule has 0 spiro atoms. The fourth-order valence-electron chi connectivity index (χ4n) is 2.08. The van der Waals surface area contributed by atoms with E-state index in [-0.39, 0.29) is 0 Å². The summed E-state index contributed by atoms with van der Waals surface area (Å²) in [5.41, 5.74) is 1.55. The number of rotatable bonds is 4. The molecule has 1 rings (SSSR count). The molecule has 14 heavy (non-hydrogen) atoms. The smallest absolute Gasteiger partial charge is 0.0654 e. The number of allylic oxidation sites excluding steroid dienone is 1. The molecule has 0 aromatic carbocycles. The summed E-state index contributed by atoms with van der Waals surface area (Å²) < 4.78 is 5.22. The summed E-state index contributed by atoms with van der Waals surface area (Å²) in [6.07, 6.45) is 10.4. The van der Waals surface area contributed by atoms with Crippen LogP contribution in [0, 0.1) is 0 Å². The van der Waals surface area contributed by atoms with Gasteiger partial charge >= 0.3 is 0 Å². The molecule has 0 aromatic heterocycles. The Kier molecular flexibility index (Phi) is 5.88. The number of likely N-dealkylation sites (N-methyl/N-ethyl adjacent to an activating group) is 1. The van der Waals surface area contributed by atoms with Crippen LogP contribution in [0.2, 0.25) is 0 Å². The molecule has 0 bridgehead atoms. The molecule has 1 N–H and O–H groups in total. The van der Waals surface area contributed by atoms with Gasteiger partial charge in [-0.2, -0.15) is 0 Å². The van der Waals surface area contributed by atoms with Gasteiger partial charge in [-0.05, 0) is 32.7 Å². The van der Waals surface area contributed by atoms with E-state index in [9.17, 15) is 0 Å². The second-order valence-corrected chi connectivity index (χ2v) is 4.03. The first-order valence-corrected chi connectivity index (χ1v) is 5.73. The highest BCUT2D eigenvalue weighted by atomic mass is 16.5. The molecule has 0 amide bonds. The molecule has 1 aliphatic rings. The van der Waals surface area contributed by atoms with E-state index < -0.39 is 0 Å². The molecule has 0 fully saturated rings. The molecule has 1 atom stereocenters. The van der Waals surface area contributed by atoms with Crippen molar-refractivity contribution in [2.24, 2.45) is 0 Å². The Morgan fingerprint density at radius 3 is 2.86 bits per heavy atom. The molecule has 2 nitrogen and oxygen atoms in total. The van der Waals surface area contributed by atoms with E-state index in [4.69, 9.17) is 4.74 Å². The van der Waals surface area contributed by atoms with Gasteiger partial charge < -0.3 is 10.1 Å². The van der Waals surface area contributed by atoms with Gasteiger partial charge in [-0.1, -0.05) is 24.5 Å². The second kappa shape index (κ2) is 7.02. The second-order valence-electron chi connectivity index (χ2n) is 4.03. The van der Waals surface area contributed by atoms with Crippen LogP contribution in [0.3, 0.4) is 0 Å². The van der Waals surface area contributed by atoms with Crippen molar-refractivity contribution >= 4 is 0 Å². The first-order chi connectivity index (χ1) is 6.88. The van der Waals surface area contributed by atoms with Crippen LogP contribution in [0.15, 0.2) is 11.6 Å². The first-order valence-electron chi connectivity index (χ1n) is 5.73. The van der Waals surface area contributed by atoms with Crippen molar-refractivity contribution in [1.82, 2.24) is 5.32 Å². The molecule has 0 saturated carbocycles. The molecular formula is C12H23NO. The molecule has 0 radical (unpaired) electrons. The van der Waals surface area contributed by atoms with Crippen LogP contribution < -0.4 is 5.32 Å². The Balaban J connectivity index is 2.51. The van der Waals surface area contributed by atoms with Gasteiger partial charge in [-0.3, -0.25) is 0 Å². The highest BCUT2D eigenvalue weighted by Crippen LogP contribution is 2.19. The minimum atomic E-state index is 0.429. The van der Waals surface area contributed by atoms with Gasteiger partial charge in [0.25, 0.3) is 0 Å². The minimum absolute atomic E-state index is 0.429. The highest BCUT2D eigenvalue weighted by molar-refractivity contribution is 5.11. The summed E-state index contributed by atoms with van der Waals surface area (Å²) in [6, 6.07) is 0.429. The van der Waals surface area contributed by atoms with Crippen molar-refractivity contribution in [2.45, 2.75) is 44.6 Å². The number of nitrogens with one attached hydrogen (secondary N) is 1. The summed E-state index contributed by atoms with van der Waals surface area (Å²) in [6.45, 7) is 0.794. The van der Waals surface area contributed by atoms with Crippen molar-refractivity contribution in [1.29, 1.82) is 0 Å². The fraction of sp³-hybridized carbons (Fsp3) is 0.833. The number of hydrogen-bond acceptors (Lipinski definition) is 2. The SMILES string of the molecule is CNC(COC)C1=CCCCCCC1. The Morgan fingerprint density at radius 1 is 1.36 bits per heavy atom. The molecule has 82 valence electrons. The highest BCUT2D eigenvalue weighted by Gasteiger charge is 2.12. The quantitative estimate of drug-likeness (QED) is 0.699. The maximum absolute atomic E-state index is 5.22. The lowest BCUT2D eigenvalue weighted by Gasteiger charge is -2.20. The lowest BCUT2D eigenvalue weighted by Crippen LogP contribution is -2.32. The van der Waals surface area contributed by atoms with Crippen LogP contribution in [-0.4, -0.2) is 26.8 Å². The Labute approximate surface area is 87.7 Å². The molecule has 1 aliphatic carbocycles. The zero-order chi connectivity index (χ0) is 10.2. The Morgan fingerprint density at radius 2 is 2.14 bits per heavy atom. The van der Waals surface area contributed by atoms with E-state index in [1.165, 1.54) is 38.5 Å². The third-order valence-electron chi connectivity index (χ3n) is 2.96. The molecule has 0 heterocycles. The van der Waals surface area contributed by atoms with Crippen LogP contribution >= 0.6 is 0 Å². The number of methoxy groups -OCH3 is 1. The molecule has 0 saturated heterocycles. The molecule has 0 aliphatic heterocycles. The van der Waals surface area contributed by atoms with E-state index in [2.05, 4.69) is 11.4 Å². The average Bonchev–Trinajstić information content (AvgIpc) is 2.15. The van der Waals surface area contributed by atoms with Crippen LogP contribution in [0.1, 0.15) is 38.5 Å². The monoisotopic (exact) mass is 197 g/mol. The zero-order valence-corrected chi connectivity index (χ0v) is 9.51. The minimum Gasteiger partial charge on any atom is -0.383 e. The Bertz CT molecular complexity index is 177. The lowest BCUT2D eigenvalue weighted by molar-refractivity contribution is 0.178. The standard InChI is InChI=1S/C12H23NO/c1-13-12(10-14-2)11-8-6-4-3-5-7-9-11/h8,12-13H,3-7,9-10H2,1-2H3. The maximum atomic E-state index is 5.22. The van der Waals surface area contributed by atoms with Crippen LogP contribution in [0.25, 0.3) is 0 Å². The summed E-state index contributed by atoms with van der Waals surface area (Å²) in [5.74, 6) is 0. The van der Waals surface area contributed by atoms with Crippen molar-refractivity contribution in [3.8, 4) is 0 Å². The van der Waals surface area contributed by atoms with Crippen molar-refractivity contribution in [3.05, 3.63) is 11.6 Å². The topological polar surface area (TPSA) is 21.3 Å². The predicted molar refractivity (Wildman–Crippen MR) is 60.5 cm³/mol. The van der Waals surface area contributed by atoms with Crippen LogP contribution in [-0.2, 0) is 4.74 Å². The van der Waals surface area contributed by atoms with Gasteiger partial charge in [-0.15, -0.1) is 0 Å². The van der Waals surface area contributed by atoms with Gasteiger partial charge in [-0.25, -0.2) is 0 Å². The largest absolute Gasteiger partial charge is 0.383 e. The summed E-state index contributed by atoms with van der Waals surface area (Å²) in [7, 11) is 3.79. The maximum Gasteiger partial charge on any atom is 0.0654 e. The van der Waals surface area contributed by atoms with Gasteiger partial charge in [0.1, 0.15) is 0 Å². The zero-order valence-electron chi connectivity index (χ0n) is 9.51. The molecule has 1 unspecified atom stereocenters. The van der Waals surface area contributed by atoms with Gasteiger partial charge in [0.05, 0.1) is 12.6 Å². The van der Waals surface area contributed by atoms with E-state index >= 15 is 0 Å². The van der Waals surface area contributed by atoms with Crippen molar-refractivity contribution < 1.29 is 4.74 Å².